The number of fused-ring (bicyclic) bond motifs is 1. The first-order valence-corrected chi connectivity index (χ1v) is 9.26. The van der Waals surface area contributed by atoms with Crippen LogP contribution in [0.25, 0.3) is 16.7 Å². The summed E-state index contributed by atoms with van der Waals surface area (Å²) in [7, 11) is 1.28. The molecule has 1 aliphatic rings. The van der Waals surface area contributed by atoms with E-state index in [1.165, 1.54) is 7.11 Å². The highest BCUT2D eigenvalue weighted by Crippen LogP contribution is 2.34. The maximum atomic E-state index is 12.3. The summed E-state index contributed by atoms with van der Waals surface area (Å²) < 4.78 is 6.60. The summed E-state index contributed by atoms with van der Waals surface area (Å²) in [6.07, 6.45) is 0. The molecular weight excluding hydrogens is 394 g/mol. The van der Waals surface area contributed by atoms with Crippen LogP contribution in [-0.4, -0.2) is 33.9 Å². The van der Waals surface area contributed by atoms with Crippen LogP contribution in [0.5, 0.6) is 0 Å². The van der Waals surface area contributed by atoms with Crippen LogP contribution in [0.2, 0.25) is 5.15 Å². The molecule has 9 heteroatoms. The number of aromatic nitrogens is 3. The Bertz CT molecular complexity index is 1170. The lowest BCUT2D eigenvalue weighted by Gasteiger charge is -2.28. The molecule has 1 aliphatic heterocycles. The molecule has 1 aromatic carbocycles. The van der Waals surface area contributed by atoms with E-state index in [2.05, 4.69) is 20.7 Å². The molecular formula is C20H18ClN5O3. The minimum atomic E-state index is -0.792. The molecule has 0 unspecified atom stereocenters. The Morgan fingerprint density at radius 2 is 1.97 bits per heavy atom. The number of carbonyl (C=O) groups is 2. The molecule has 2 amide bonds. The van der Waals surface area contributed by atoms with Crippen LogP contribution in [-0.2, 0) is 9.53 Å². The van der Waals surface area contributed by atoms with Gasteiger partial charge in [0.25, 0.3) is 0 Å². The van der Waals surface area contributed by atoms with Crippen molar-refractivity contribution >= 4 is 34.6 Å². The van der Waals surface area contributed by atoms with E-state index in [9.17, 15) is 9.59 Å². The maximum absolute atomic E-state index is 12.3. The van der Waals surface area contributed by atoms with Crippen molar-refractivity contribution in [3.8, 4) is 5.69 Å². The first-order chi connectivity index (χ1) is 13.9. The molecule has 0 bridgehead atoms. The average molecular weight is 412 g/mol. The van der Waals surface area contributed by atoms with Gasteiger partial charge in [-0.1, -0.05) is 29.8 Å². The minimum absolute atomic E-state index is 0.163. The first-order valence-electron chi connectivity index (χ1n) is 8.88. The van der Waals surface area contributed by atoms with Crippen LogP contribution < -0.4 is 10.6 Å². The molecule has 0 spiro atoms. The van der Waals surface area contributed by atoms with Gasteiger partial charge in [0.05, 0.1) is 30.1 Å². The molecule has 0 fully saturated rings. The quantitative estimate of drug-likeness (QED) is 0.509. The number of pyridine rings is 1. The molecule has 3 heterocycles. The van der Waals surface area contributed by atoms with Gasteiger partial charge in [-0.15, -0.1) is 0 Å². The predicted octanol–water partition coefficient (Wildman–Crippen LogP) is 3.18. The Labute approximate surface area is 171 Å². The van der Waals surface area contributed by atoms with Crippen molar-refractivity contribution in [2.75, 3.05) is 7.11 Å². The Morgan fingerprint density at radius 1 is 1.24 bits per heavy atom. The maximum Gasteiger partial charge on any atom is 0.337 e. The molecule has 0 saturated carbocycles. The number of rotatable bonds is 3. The molecule has 2 aromatic heterocycles. The summed E-state index contributed by atoms with van der Waals surface area (Å²) in [5.74, 6) is -0.562. The third-order valence-corrected chi connectivity index (χ3v) is 5.11. The fraction of sp³-hybridized carbons (Fsp3) is 0.200. The second-order valence-electron chi connectivity index (χ2n) is 6.63. The summed E-state index contributed by atoms with van der Waals surface area (Å²) in [4.78, 5) is 28.9. The Morgan fingerprint density at radius 3 is 2.66 bits per heavy atom. The fourth-order valence-corrected chi connectivity index (χ4v) is 3.68. The van der Waals surface area contributed by atoms with Gasteiger partial charge in [0.15, 0.2) is 5.65 Å². The molecule has 8 nitrogen and oxygen atoms in total. The third-order valence-electron chi connectivity index (χ3n) is 4.81. The van der Waals surface area contributed by atoms with Gasteiger partial charge in [0, 0.05) is 16.6 Å². The normalized spacial score (nSPS) is 16.6. The summed E-state index contributed by atoms with van der Waals surface area (Å²) >= 11 is 6.52. The van der Waals surface area contributed by atoms with Crippen LogP contribution in [0, 0.1) is 6.92 Å². The van der Waals surface area contributed by atoms with Crippen LogP contribution >= 0.6 is 11.6 Å². The lowest BCUT2D eigenvalue weighted by Crippen LogP contribution is -2.45. The third kappa shape index (κ3) is 3.21. The highest BCUT2D eigenvalue weighted by Gasteiger charge is 2.34. The minimum Gasteiger partial charge on any atom is -0.466 e. The van der Waals surface area contributed by atoms with Gasteiger partial charge in [0.1, 0.15) is 5.15 Å². The first kappa shape index (κ1) is 18.9. The van der Waals surface area contributed by atoms with Crippen molar-refractivity contribution in [2.45, 2.75) is 19.9 Å². The van der Waals surface area contributed by atoms with Crippen molar-refractivity contribution in [3.05, 3.63) is 64.1 Å². The van der Waals surface area contributed by atoms with E-state index in [0.717, 1.165) is 16.8 Å². The Hall–Kier alpha value is -3.39. The number of nitrogens with one attached hydrogen (secondary N) is 2. The van der Waals surface area contributed by atoms with Gasteiger partial charge in [-0.05, 0) is 32.0 Å². The molecule has 0 aliphatic carbocycles. The zero-order valence-electron chi connectivity index (χ0n) is 16.0. The Kier molecular flexibility index (Phi) is 4.71. The number of benzene rings is 1. The molecule has 0 saturated heterocycles. The number of halogens is 1. The monoisotopic (exact) mass is 411 g/mol. The topological polar surface area (TPSA) is 98.1 Å². The van der Waals surface area contributed by atoms with Crippen molar-refractivity contribution < 1.29 is 14.3 Å². The summed E-state index contributed by atoms with van der Waals surface area (Å²) in [5, 5.41) is 10.8. The number of amides is 2. The number of para-hydroxylation sites is 1. The summed E-state index contributed by atoms with van der Waals surface area (Å²) in [6, 6.07) is 10.2. The van der Waals surface area contributed by atoms with Crippen molar-refractivity contribution in [1.82, 2.24) is 25.4 Å². The zero-order chi connectivity index (χ0) is 20.7. The predicted molar refractivity (Wildman–Crippen MR) is 108 cm³/mol. The lowest BCUT2D eigenvalue weighted by atomic mass is 9.96. The molecule has 0 radical (unpaired) electrons. The van der Waals surface area contributed by atoms with Gasteiger partial charge in [-0.3, -0.25) is 0 Å². The number of carbonyl (C=O) groups excluding carboxylic acids is 2. The Balaban J connectivity index is 1.90. The highest BCUT2D eigenvalue weighted by atomic mass is 35.5. The fourth-order valence-electron chi connectivity index (χ4n) is 3.44. The molecule has 2 N–H and O–H groups in total. The van der Waals surface area contributed by atoms with Crippen molar-refractivity contribution in [1.29, 1.82) is 0 Å². The number of hydrogen-bond donors (Lipinski definition) is 2. The van der Waals surface area contributed by atoms with E-state index in [4.69, 9.17) is 16.3 Å². The largest absolute Gasteiger partial charge is 0.466 e. The SMILES string of the molecule is COC(=O)C1=C(C)NC(=O)N[C@@H]1c1cc2c(C)nn(-c3ccccc3)c2nc1Cl. The van der Waals surface area contributed by atoms with Gasteiger partial charge in [-0.2, -0.15) is 5.10 Å². The standard InChI is InChI=1S/C20H18ClN5O3/c1-10-13-9-14(16-15(19(27)29-3)11(2)22-20(28)23-16)17(21)24-18(13)26(25-10)12-7-5-4-6-8-12/h4-9,16H,1-3H3,(H2,22,23,28)/t16-/m1/s1. The van der Waals surface area contributed by atoms with E-state index in [1.807, 2.05) is 37.3 Å². The van der Waals surface area contributed by atoms with Gasteiger partial charge in [-0.25, -0.2) is 19.3 Å². The number of ether oxygens (including phenoxy) is 1. The number of urea groups is 1. The number of aryl methyl sites for hydroxylation is 1. The lowest BCUT2D eigenvalue weighted by molar-refractivity contribution is -0.136. The van der Waals surface area contributed by atoms with Crippen LogP contribution in [0.15, 0.2) is 47.7 Å². The smallest absolute Gasteiger partial charge is 0.337 e. The van der Waals surface area contributed by atoms with E-state index in [1.54, 1.807) is 17.7 Å². The molecule has 3 aromatic rings. The average Bonchev–Trinajstić information content (AvgIpc) is 3.02. The van der Waals surface area contributed by atoms with E-state index in [0.29, 0.717) is 16.9 Å². The number of methoxy groups -OCH3 is 1. The molecule has 148 valence electrons. The van der Waals surface area contributed by atoms with Crippen molar-refractivity contribution in [2.24, 2.45) is 0 Å². The van der Waals surface area contributed by atoms with Gasteiger partial charge < -0.3 is 15.4 Å². The number of nitrogens with zero attached hydrogens (tertiary/aromatic N) is 3. The number of hydrogen-bond acceptors (Lipinski definition) is 5. The van der Waals surface area contributed by atoms with Gasteiger partial charge in [0.2, 0.25) is 0 Å². The van der Waals surface area contributed by atoms with E-state index in [-0.39, 0.29) is 10.7 Å². The van der Waals surface area contributed by atoms with Crippen LogP contribution in [0.1, 0.15) is 24.2 Å². The molecule has 4 rings (SSSR count). The molecule has 1 atom stereocenters. The number of esters is 1. The number of allylic oxidation sites excluding steroid dienone is 1. The zero-order valence-corrected chi connectivity index (χ0v) is 16.7. The second kappa shape index (κ2) is 7.21. The van der Waals surface area contributed by atoms with Crippen molar-refractivity contribution in [3.63, 3.8) is 0 Å². The summed E-state index contributed by atoms with van der Waals surface area (Å²) in [5.41, 5.74) is 3.34. The highest BCUT2D eigenvalue weighted by molar-refractivity contribution is 6.30. The van der Waals surface area contributed by atoms with E-state index < -0.39 is 18.0 Å². The van der Waals surface area contributed by atoms with Crippen LogP contribution in [0.4, 0.5) is 4.79 Å². The second-order valence-corrected chi connectivity index (χ2v) is 6.99. The van der Waals surface area contributed by atoms with E-state index >= 15 is 0 Å². The van der Waals surface area contributed by atoms with Crippen LogP contribution in [0.3, 0.4) is 0 Å². The summed E-state index contributed by atoms with van der Waals surface area (Å²) in [6.45, 7) is 3.50. The van der Waals surface area contributed by atoms with Gasteiger partial charge >= 0.3 is 12.0 Å². The molecule has 29 heavy (non-hydrogen) atoms.